The van der Waals surface area contributed by atoms with Crippen molar-refractivity contribution in [3.05, 3.63) is 57.4 Å². The number of esters is 1. The molecule has 0 aliphatic heterocycles. The van der Waals surface area contributed by atoms with Gasteiger partial charge in [-0.15, -0.1) is 22.7 Å². The molecule has 0 saturated heterocycles. The zero-order valence-electron chi connectivity index (χ0n) is 13.8. The molecule has 26 heavy (non-hydrogen) atoms. The monoisotopic (exact) mass is 406 g/mol. The molecule has 8 heteroatoms. The number of thiophene rings is 1. The molecule has 0 spiro atoms. The summed E-state index contributed by atoms with van der Waals surface area (Å²) in [5, 5.41) is 7.91. The van der Waals surface area contributed by atoms with Crippen molar-refractivity contribution < 1.29 is 14.3 Å². The number of halogens is 1. The molecule has 0 radical (unpaired) electrons. The Morgan fingerprint density at radius 2 is 2.08 bits per heavy atom. The van der Waals surface area contributed by atoms with Gasteiger partial charge in [-0.3, -0.25) is 9.59 Å². The average Bonchev–Trinajstić information content (AvgIpc) is 3.28. The predicted octanol–water partition coefficient (Wildman–Crippen LogP) is 4.56. The number of hydrogen-bond donors (Lipinski definition) is 1. The molecule has 134 valence electrons. The van der Waals surface area contributed by atoms with Gasteiger partial charge in [0, 0.05) is 16.1 Å². The van der Waals surface area contributed by atoms with E-state index >= 15 is 0 Å². The minimum absolute atomic E-state index is 0.0331. The lowest BCUT2D eigenvalue weighted by molar-refractivity contribution is -0.146. The zero-order valence-corrected chi connectivity index (χ0v) is 16.2. The number of carbonyl (C=O) groups is 2. The van der Waals surface area contributed by atoms with Gasteiger partial charge in [0.05, 0.1) is 17.0 Å². The standard InChI is InChI=1S/C18H15ClN2O3S2/c1-11-13(19)4-2-5-14(11)21-16(22)9-24-17(23)8-12-10-26-18(20-12)15-6-3-7-25-15/h2-7,10H,8-9H2,1H3,(H,21,22). The summed E-state index contributed by atoms with van der Waals surface area (Å²) in [6.07, 6.45) is 0.0331. The Bertz CT molecular complexity index is 922. The van der Waals surface area contributed by atoms with Gasteiger partial charge in [0.1, 0.15) is 5.01 Å². The summed E-state index contributed by atoms with van der Waals surface area (Å²) in [5.41, 5.74) is 1.99. The van der Waals surface area contributed by atoms with Crippen LogP contribution >= 0.6 is 34.3 Å². The highest BCUT2D eigenvalue weighted by Crippen LogP contribution is 2.28. The second-order valence-electron chi connectivity index (χ2n) is 5.42. The second kappa shape index (κ2) is 8.44. The molecular formula is C18H15ClN2O3S2. The molecular weight excluding hydrogens is 392 g/mol. The van der Waals surface area contributed by atoms with Gasteiger partial charge >= 0.3 is 5.97 Å². The van der Waals surface area contributed by atoms with E-state index in [0.717, 1.165) is 15.4 Å². The first kappa shape index (κ1) is 18.6. The molecule has 1 amide bonds. The summed E-state index contributed by atoms with van der Waals surface area (Å²) in [6, 6.07) is 9.15. The van der Waals surface area contributed by atoms with E-state index in [0.29, 0.717) is 16.4 Å². The quantitative estimate of drug-likeness (QED) is 0.609. The molecule has 2 aromatic heterocycles. The highest BCUT2D eigenvalue weighted by molar-refractivity contribution is 7.20. The number of nitrogens with one attached hydrogen (secondary N) is 1. The molecule has 3 aromatic rings. The van der Waals surface area contributed by atoms with E-state index < -0.39 is 11.9 Å². The Kier molecular flexibility index (Phi) is 6.03. The van der Waals surface area contributed by atoms with Crippen LogP contribution in [-0.2, 0) is 20.7 Å². The van der Waals surface area contributed by atoms with Crippen LogP contribution in [0.2, 0.25) is 5.02 Å². The van der Waals surface area contributed by atoms with E-state index in [9.17, 15) is 9.59 Å². The predicted molar refractivity (Wildman–Crippen MR) is 105 cm³/mol. The van der Waals surface area contributed by atoms with Gasteiger partial charge in [0.25, 0.3) is 5.91 Å². The van der Waals surface area contributed by atoms with Crippen LogP contribution < -0.4 is 5.32 Å². The van der Waals surface area contributed by atoms with Crippen LogP contribution in [0.4, 0.5) is 5.69 Å². The van der Waals surface area contributed by atoms with Crippen LogP contribution in [0.25, 0.3) is 9.88 Å². The summed E-state index contributed by atoms with van der Waals surface area (Å²) < 4.78 is 5.03. The zero-order chi connectivity index (χ0) is 18.5. The van der Waals surface area contributed by atoms with E-state index in [1.165, 1.54) is 11.3 Å². The fraction of sp³-hybridized carbons (Fsp3) is 0.167. The fourth-order valence-corrected chi connectivity index (χ4v) is 3.98. The minimum atomic E-state index is -0.494. The largest absolute Gasteiger partial charge is 0.455 e. The van der Waals surface area contributed by atoms with E-state index in [4.69, 9.17) is 16.3 Å². The minimum Gasteiger partial charge on any atom is -0.455 e. The molecule has 0 bridgehead atoms. The van der Waals surface area contributed by atoms with Gasteiger partial charge in [-0.2, -0.15) is 0 Å². The first-order valence-corrected chi connectivity index (χ1v) is 9.85. The summed E-state index contributed by atoms with van der Waals surface area (Å²) >= 11 is 9.09. The Balaban J connectivity index is 1.49. The van der Waals surface area contributed by atoms with Crippen molar-refractivity contribution in [1.29, 1.82) is 0 Å². The normalized spacial score (nSPS) is 10.5. The van der Waals surface area contributed by atoms with Crippen LogP contribution in [0.3, 0.4) is 0 Å². The van der Waals surface area contributed by atoms with Gasteiger partial charge in [-0.1, -0.05) is 23.7 Å². The molecule has 0 unspecified atom stereocenters. The SMILES string of the molecule is Cc1c(Cl)cccc1NC(=O)COC(=O)Cc1csc(-c2cccs2)n1. The smallest absolute Gasteiger partial charge is 0.312 e. The third-order valence-electron chi connectivity index (χ3n) is 3.52. The maximum atomic E-state index is 11.9. The first-order chi connectivity index (χ1) is 12.5. The summed E-state index contributed by atoms with van der Waals surface area (Å²) in [4.78, 5) is 29.4. The Morgan fingerprint density at radius 1 is 1.23 bits per heavy atom. The third-order valence-corrected chi connectivity index (χ3v) is 5.85. The first-order valence-electron chi connectivity index (χ1n) is 7.72. The topological polar surface area (TPSA) is 68.3 Å². The number of thiazole rings is 1. The maximum absolute atomic E-state index is 11.9. The lowest BCUT2D eigenvalue weighted by Crippen LogP contribution is -2.22. The Labute approximate surface area is 163 Å². The molecule has 1 aromatic carbocycles. The third kappa shape index (κ3) is 4.69. The van der Waals surface area contributed by atoms with Crippen LogP contribution in [0.5, 0.6) is 0 Å². The fourth-order valence-electron chi connectivity index (χ4n) is 2.18. The molecule has 0 saturated carbocycles. The molecule has 5 nitrogen and oxygen atoms in total. The number of amides is 1. The van der Waals surface area contributed by atoms with Gasteiger partial charge in [0.15, 0.2) is 6.61 Å². The number of benzene rings is 1. The second-order valence-corrected chi connectivity index (χ2v) is 7.63. The van der Waals surface area contributed by atoms with Gasteiger partial charge < -0.3 is 10.1 Å². The molecule has 3 rings (SSSR count). The number of hydrogen-bond acceptors (Lipinski definition) is 6. The Hall–Kier alpha value is -2.22. The van der Waals surface area contributed by atoms with Gasteiger partial charge in [-0.05, 0) is 36.1 Å². The number of nitrogens with zero attached hydrogens (tertiary/aromatic N) is 1. The number of carbonyl (C=O) groups excluding carboxylic acids is 2. The van der Waals surface area contributed by atoms with E-state index in [-0.39, 0.29) is 13.0 Å². The molecule has 0 atom stereocenters. The van der Waals surface area contributed by atoms with Gasteiger partial charge in [-0.25, -0.2) is 4.98 Å². The highest BCUT2D eigenvalue weighted by Gasteiger charge is 2.13. The van der Waals surface area contributed by atoms with Crippen molar-refractivity contribution in [2.75, 3.05) is 11.9 Å². The van der Waals surface area contributed by atoms with E-state index in [1.54, 1.807) is 36.5 Å². The molecule has 0 aliphatic carbocycles. The van der Waals surface area contributed by atoms with Crippen LogP contribution in [0.15, 0.2) is 41.1 Å². The van der Waals surface area contributed by atoms with Crippen molar-refractivity contribution in [2.24, 2.45) is 0 Å². The van der Waals surface area contributed by atoms with Crippen molar-refractivity contribution in [3.8, 4) is 9.88 Å². The van der Waals surface area contributed by atoms with Crippen molar-refractivity contribution in [3.63, 3.8) is 0 Å². The lowest BCUT2D eigenvalue weighted by Gasteiger charge is -2.09. The number of ether oxygens (including phenoxy) is 1. The van der Waals surface area contributed by atoms with Crippen LogP contribution in [0.1, 0.15) is 11.3 Å². The summed E-state index contributed by atoms with van der Waals surface area (Å²) in [5.74, 6) is -0.910. The average molecular weight is 407 g/mol. The number of rotatable bonds is 6. The van der Waals surface area contributed by atoms with E-state index in [1.807, 2.05) is 22.9 Å². The van der Waals surface area contributed by atoms with Crippen molar-refractivity contribution >= 4 is 51.8 Å². The van der Waals surface area contributed by atoms with Crippen LogP contribution in [0, 0.1) is 6.92 Å². The Morgan fingerprint density at radius 3 is 2.85 bits per heavy atom. The molecule has 0 aliphatic rings. The van der Waals surface area contributed by atoms with Gasteiger partial charge in [0.2, 0.25) is 0 Å². The lowest BCUT2D eigenvalue weighted by atomic mass is 10.2. The number of anilines is 1. The van der Waals surface area contributed by atoms with Crippen molar-refractivity contribution in [1.82, 2.24) is 4.98 Å². The highest BCUT2D eigenvalue weighted by atomic mass is 35.5. The molecule has 1 N–H and O–H groups in total. The summed E-state index contributed by atoms with van der Waals surface area (Å²) in [7, 11) is 0. The number of aromatic nitrogens is 1. The summed E-state index contributed by atoms with van der Waals surface area (Å²) in [6.45, 7) is 1.45. The maximum Gasteiger partial charge on any atom is 0.312 e. The van der Waals surface area contributed by atoms with Crippen LogP contribution in [-0.4, -0.2) is 23.5 Å². The molecule has 2 heterocycles. The van der Waals surface area contributed by atoms with E-state index in [2.05, 4.69) is 10.3 Å². The molecule has 0 fully saturated rings. The van der Waals surface area contributed by atoms with Crippen molar-refractivity contribution in [2.45, 2.75) is 13.3 Å².